The number of oxazole rings is 1. The van der Waals surface area contributed by atoms with Crippen LogP contribution in [0.4, 0.5) is 0 Å². The number of aromatic nitrogens is 3. The molecule has 2 aromatic heterocycles. The molecule has 0 aliphatic carbocycles. The van der Waals surface area contributed by atoms with Crippen LogP contribution in [0.25, 0.3) is 11.6 Å². The zero-order chi connectivity index (χ0) is 12.3. The summed E-state index contributed by atoms with van der Waals surface area (Å²) in [6.45, 7) is 1.29. The Morgan fingerprint density at radius 3 is 2.88 bits per heavy atom. The van der Waals surface area contributed by atoms with E-state index in [0.29, 0.717) is 18.1 Å². The molecule has 0 amide bonds. The first-order valence-corrected chi connectivity index (χ1v) is 5.29. The Morgan fingerprint density at radius 2 is 2.24 bits per heavy atom. The SMILES string of the molecule is CN(C)CCn1nc(-c2ncco2)ccc1=O. The van der Waals surface area contributed by atoms with E-state index in [1.807, 2.05) is 19.0 Å². The first kappa shape index (κ1) is 11.5. The molecule has 0 unspecified atom stereocenters. The quantitative estimate of drug-likeness (QED) is 0.769. The van der Waals surface area contributed by atoms with Gasteiger partial charge in [0.2, 0.25) is 5.89 Å². The summed E-state index contributed by atoms with van der Waals surface area (Å²) >= 11 is 0. The highest BCUT2D eigenvalue weighted by Gasteiger charge is 2.06. The summed E-state index contributed by atoms with van der Waals surface area (Å²) in [5.41, 5.74) is 0.440. The molecule has 0 aliphatic heterocycles. The predicted molar refractivity (Wildman–Crippen MR) is 62.5 cm³/mol. The van der Waals surface area contributed by atoms with Gasteiger partial charge in [0.25, 0.3) is 5.56 Å². The lowest BCUT2D eigenvalue weighted by Gasteiger charge is -2.10. The number of rotatable bonds is 4. The summed E-state index contributed by atoms with van der Waals surface area (Å²) in [7, 11) is 3.89. The van der Waals surface area contributed by atoms with Gasteiger partial charge in [-0.25, -0.2) is 9.67 Å². The van der Waals surface area contributed by atoms with E-state index in [9.17, 15) is 4.79 Å². The molecule has 90 valence electrons. The second kappa shape index (κ2) is 4.92. The minimum atomic E-state index is -0.123. The smallest absolute Gasteiger partial charge is 0.266 e. The van der Waals surface area contributed by atoms with Crippen molar-refractivity contribution in [3.63, 3.8) is 0 Å². The Kier molecular flexibility index (Phi) is 3.34. The van der Waals surface area contributed by atoms with E-state index in [-0.39, 0.29) is 5.56 Å². The Balaban J connectivity index is 2.27. The van der Waals surface area contributed by atoms with E-state index in [0.717, 1.165) is 6.54 Å². The van der Waals surface area contributed by atoms with Crippen molar-refractivity contribution in [2.45, 2.75) is 6.54 Å². The third kappa shape index (κ3) is 2.79. The molecule has 2 rings (SSSR count). The summed E-state index contributed by atoms with van der Waals surface area (Å²) in [6, 6.07) is 3.09. The maximum absolute atomic E-state index is 11.6. The molecule has 0 saturated carbocycles. The molecule has 0 bridgehead atoms. The lowest BCUT2D eigenvalue weighted by Crippen LogP contribution is -2.28. The number of hydrogen-bond acceptors (Lipinski definition) is 5. The van der Waals surface area contributed by atoms with Crippen LogP contribution in [0.1, 0.15) is 0 Å². The van der Waals surface area contributed by atoms with E-state index in [1.165, 1.54) is 17.0 Å². The molecule has 0 fully saturated rings. The van der Waals surface area contributed by atoms with Gasteiger partial charge in [-0.3, -0.25) is 4.79 Å². The van der Waals surface area contributed by atoms with Gasteiger partial charge in [0.1, 0.15) is 12.0 Å². The average Bonchev–Trinajstić information content (AvgIpc) is 2.81. The molecule has 2 heterocycles. The number of nitrogens with zero attached hydrogens (tertiary/aromatic N) is 4. The van der Waals surface area contributed by atoms with Crippen molar-refractivity contribution in [2.24, 2.45) is 0 Å². The van der Waals surface area contributed by atoms with Crippen molar-refractivity contribution < 1.29 is 4.42 Å². The zero-order valence-corrected chi connectivity index (χ0v) is 9.83. The van der Waals surface area contributed by atoms with Crippen LogP contribution in [-0.2, 0) is 6.54 Å². The van der Waals surface area contributed by atoms with Crippen LogP contribution in [0.15, 0.2) is 33.8 Å². The van der Waals surface area contributed by atoms with Crippen LogP contribution < -0.4 is 5.56 Å². The van der Waals surface area contributed by atoms with E-state index >= 15 is 0 Å². The lowest BCUT2D eigenvalue weighted by atomic mass is 10.4. The van der Waals surface area contributed by atoms with Gasteiger partial charge in [-0.1, -0.05) is 0 Å². The van der Waals surface area contributed by atoms with E-state index in [1.54, 1.807) is 12.3 Å². The van der Waals surface area contributed by atoms with Crippen molar-refractivity contribution in [3.05, 3.63) is 34.9 Å². The van der Waals surface area contributed by atoms with Crippen molar-refractivity contribution in [1.29, 1.82) is 0 Å². The molecule has 0 aromatic carbocycles. The minimum absolute atomic E-state index is 0.123. The zero-order valence-electron chi connectivity index (χ0n) is 9.83. The van der Waals surface area contributed by atoms with Gasteiger partial charge in [0.05, 0.1) is 12.7 Å². The summed E-state index contributed by atoms with van der Waals surface area (Å²) in [4.78, 5) is 17.6. The molecular weight excluding hydrogens is 220 g/mol. The molecule has 0 aliphatic rings. The van der Waals surface area contributed by atoms with Gasteiger partial charge in [-0.05, 0) is 20.2 Å². The Morgan fingerprint density at radius 1 is 1.41 bits per heavy atom. The summed E-state index contributed by atoms with van der Waals surface area (Å²) in [5.74, 6) is 0.420. The van der Waals surface area contributed by atoms with Crippen molar-refractivity contribution in [1.82, 2.24) is 19.7 Å². The lowest BCUT2D eigenvalue weighted by molar-refractivity contribution is 0.367. The van der Waals surface area contributed by atoms with Crippen LogP contribution in [0.5, 0.6) is 0 Å². The molecular formula is C11H14N4O2. The highest BCUT2D eigenvalue weighted by atomic mass is 16.3. The van der Waals surface area contributed by atoms with Gasteiger partial charge in [-0.2, -0.15) is 5.10 Å². The van der Waals surface area contributed by atoms with Gasteiger partial charge in [0, 0.05) is 12.6 Å². The summed E-state index contributed by atoms with van der Waals surface area (Å²) in [6.07, 6.45) is 3.03. The fraction of sp³-hybridized carbons (Fsp3) is 0.364. The minimum Gasteiger partial charge on any atom is -0.443 e. The maximum Gasteiger partial charge on any atom is 0.266 e. The Bertz CT molecular complexity index is 531. The monoisotopic (exact) mass is 234 g/mol. The molecule has 0 atom stereocenters. The molecule has 17 heavy (non-hydrogen) atoms. The standard InChI is InChI=1S/C11H14N4O2/c1-14(2)6-7-15-10(16)4-3-9(13-15)11-12-5-8-17-11/h3-5,8H,6-7H2,1-2H3. The van der Waals surface area contributed by atoms with Crippen LogP contribution >= 0.6 is 0 Å². The third-order valence-electron chi connectivity index (χ3n) is 2.28. The third-order valence-corrected chi connectivity index (χ3v) is 2.28. The van der Waals surface area contributed by atoms with E-state index < -0.39 is 0 Å². The first-order chi connectivity index (χ1) is 8.16. The van der Waals surface area contributed by atoms with Gasteiger partial charge < -0.3 is 9.32 Å². The van der Waals surface area contributed by atoms with E-state index in [4.69, 9.17) is 4.42 Å². The number of likely N-dealkylation sites (N-methyl/N-ethyl adjacent to an activating group) is 1. The van der Waals surface area contributed by atoms with Crippen LogP contribution in [0.3, 0.4) is 0 Å². The van der Waals surface area contributed by atoms with Gasteiger partial charge >= 0.3 is 0 Å². The second-order valence-electron chi connectivity index (χ2n) is 3.92. The van der Waals surface area contributed by atoms with Crippen LogP contribution in [0.2, 0.25) is 0 Å². The Hall–Kier alpha value is -1.95. The highest BCUT2D eigenvalue weighted by Crippen LogP contribution is 2.11. The topological polar surface area (TPSA) is 64.2 Å². The van der Waals surface area contributed by atoms with E-state index in [2.05, 4.69) is 10.1 Å². The molecule has 6 heteroatoms. The molecule has 0 radical (unpaired) electrons. The second-order valence-corrected chi connectivity index (χ2v) is 3.92. The highest BCUT2D eigenvalue weighted by molar-refractivity contribution is 5.44. The number of hydrogen-bond donors (Lipinski definition) is 0. The van der Waals surface area contributed by atoms with Crippen molar-refractivity contribution in [2.75, 3.05) is 20.6 Å². The maximum atomic E-state index is 11.6. The molecule has 0 saturated heterocycles. The molecule has 2 aromatic rings. The van der Waals surface area contributed by atoms with Crippen molar-refractivity contribution >= 4 is 0 Å². The average molecular weight is 234 g/mol. The predicted octanol–water partition coefficient (Wildman–Crippen LogP) is 0.460. The summed E-state index contributed by atoms with van der Waals surface area (Å²) < 4.78 is 6.56. The molecule has 0 N–H and O–H groups in total. The van der Waals surface area contributed by atoms with Gasteiger partial charge in [0.15, 0.2) is 0 Å². The fourth-order valence-corrected chi connectivity index (χ4v) is 1.37. The Labute approximate surface area is 98.5 Å². The molecule has 6 nitrogen and oxygen atoms in total. The van der Waals surface area contributed by atoms with Crippen LogP contribution in [-0.4, -0.2) is 40.3 Å². The van der Waals surface area contributed by atoms with Crippen molar-refractivity contribution in [3.8, 4) is 11.6 Å². The first-order valence-electron chi connectivity index (χ1n) is 5.29. The molecule has 0 spiro atoms. The van der Waals surface area contributed by atoms with Gasteiger partial charge in [-0.15, -0.1) is 0 Å². The largest absolute Gasteiger partial charge is 0.443 e. The summed E-state index contributed by atoms with van der Waals surface area (Å²) in [5, 5.41) is 4.21. The fourth-order valence-electron chi connectivity index (χ4n) is 1.37. The normalized spacial score (nSPS) is 11.0. The van der Waals surface area contributed by atoms with Crippen LogP contribution in [0, 0.1) is 0 Å².